The van der Waals surface area contributed by atoms with Crippen LogP contribution in [-0.2, 0) is 11.8 Å². The van der Waals surface area contributed by atoms with Gasteiger partial charge in [-0.25, -0.2) is 0 Å². The molecule has 1 aliphatic rings. The van der Waals surface area contributed by atoms with Crippen molar-refractivity contribution in [2.75, 3.05) is 26.6 Å². The number of fused-ring (bicyclic) bond motifs is 1. The van der Waals surface area contributed by atoms with Gasteiger partial charge in [-0.3, -0.25) is 14.3 Å². The number of carbonyl (C=O) groups is 2. The first-order valence-corrected chi connectivity index (χ1v) is 10.4. The van der Waals surface area contributed by atoms with Crippen molar-refractivity contribution >= 4 is 17.6 Å². The van der Waals surface area contributed by atoms with E-state index in [9.17, 15) is 9.59 Å². The van der Waals surface area contributed by atoms with Gasteiger partial charge in [-0.15, -0.1) is 0 Å². The summed E-state index contributed by atoms with van der Waals surface area (Å²) < 4.78 is 17.6. The van der Waals surface area contributed by atoms with Crippen molar-refractivity contribution in [1.82, 2.24) is 15.1 Å². The number of ether oxygens (including phenoxy) is 3. The van der Waals surface area contributed by atoms with Crippen molar-refractivity contribution in [2.24, 2.45) is 7.05 Å². The summed E-state index contributed by atoms with van der Waals surface area (Å²) in [6.45, 7) is 1.89. The first kappa shape index (κ1) is 22.2. The molecule has 4 rings (SSSR count). The van der Waals surface area contributed by atoms with E-state index in [1.54, 1.807) is 37.0 Å². The molecule has 2 atom stereocenters. The maximum atomic E-state index is 13.2. The third kappa shape index (κ3) is 3.97. The predicted octanol–water partition coefficient (Wildman–Crippen LogP) is 2.64. The molecule has 0 aliphatic carbocycles. The molecule has 9 heteroatoms. The standard InChI is InChI=1S/C24H26N4O5/c1-13-19-20(14-7-6-8-16(11-14)31-3)21(24(30)26-22(19)28(2)27-13)25-23(29)15-9-10-17(32-4)18(12-15)33-5/h6-12,20-21H,1-5H3,(H,25,29)(H,26,30). The highest BCUT2D eigenvalue weighted by Crippen LogP contribution is 2.40. The highest BCUT2D eigenvalue weighted by molar-refractivity contribution is 6.04. The Morgan fingerprint density at radius 3 is 2.52 bits per heavy atom. The average Bonchev–Trinajstić information content (AvgIpc) is 3.11. The lowest BCUT2D eigenvalue weighted by Crippen LogP contribution is -2.50. The van der Waals surface area contributed by atoms with Crippen LogP contribution in [0.5, 0.6) is 17.2 Å². The van der Waals surface area contributed by atoms with E-state index in [0.717, 1.165) is 16.8 Å². The first-order valence-electron chi connectivity index (χ1n) is 10.4. The average molecular weight is 450 g/mol. The lowest BCUT2D eigenvalue weighted by atomic mass is 9.81. The van der Waals surface area contributed by atoms with Crippen LogP contribution in [0, 0.1) is 6.92 Å². The second-order valence-corrected chi connectivity index (χ2v) is 7.74. The summed E-state index contributed by atoms with van der Waals surface area (Å²) in [5.41, 5.74) is 2.80. The van der Waals surface area contributed by atoms with Crippen LogP contribution in [0.3, 0.4) is 0 Å². The Labute approximate surface area is 191 Å². The fourth-order valence-electron chi connectivity index (χ4n) is 4.25. The molecule has 2 aromatic carbocycles. The SMILES string of the molecule is COc1cccc(C2c3c(C)nn(C)c3NC(=O)C2NC(=O)c2ccc(OC)c(OC)c2)c1. The maximum absolute atomic E-state index is 13.2. The predicted molar refractivity (Wildman–Crippen MR) is 122 cm³/mol. The summed E-state index contributed by atoms with van der Waals surface area (Å²) in [7, 11) is 6.39. The van der Waals surface area contributed by atoms with Gasteiger partial charge in [-0.2, -0.15) is 5.10 Å². The number of aryl methyl sites for hydroxylation is 2. The highest BCUT2D eigenvalue weighted by atomic mass is 16.5. The zero-order valence-electron chi connectivity index (χ0n) is 19.1. The molecule has 9 nitrogen and oxygen atoms in total. The van der Waals surface area contributed by atoms with Gasteiger partial charge in [-0.1, -0.05) is 12.1 Å². The van der Waals surface area contributed by atoms with Gasteiger partial charge >= 0.3 is 0 Å². The molecule has 2 heterocycles. The first-order chi connectivity index (χ1) is 15.9. The van der Waals surface area contributed by atoms with Crippen LogP contribution in [0.2, 0.25) is 0 Å². The maximum Gasteiger partial charge on any atom is 0.252 e. The summed E-state index contributed by atoms with van der Waals surface area (Å²) >= 11 is 0. The van der Waals surface area contributed by atoms with Gasteiger partial charge in [0.2, 0.25) is 5.91 Å². The molecule has 2 N–H and O–H groups in total. The molecule has 2 amide bonds. The van der Waals surface area contributed by atoms with Gasteiger partial charge in [0, 0.05) is 24.1 Å². The number of benzene rings is 2. The quantitative estimate of drug-likeness (QED) is 0.599. The fraction of sp³-hybridized carbons (Fsp3) is 0.292. The Balaban J connectivity index is 1.76. The molecule has 33 heavy (non-hydrogen) atoms. The van der Waals surface area contributed by atoms with Gasteiger partial charge in [0.15, 0.2) is 11.5 Å². The van der Waals surface area contributed by atoms with Crippen molar-refractivity contribution in [3.05, 3.63) is 64.8 Å². The zero-order valence-corrected chi connectivity index (χ0v) is 19.1. The summed E-state index contributed by atoms with van der Waals surface area (Å²) in [6, 6.07) is 11.5. The summed E-state index contributed by atoms with van der Waals surface area (Å²) in [5.74, 6) is 1.01. The molecular formula is C24H26N4O5. The van der Waals surface area contributed by atoms with Crippen molar-refractivity contribution in [3.63, 3.8) is 0 Å². The summed E-state index contributed by atoms with van der Waals surface area (Å²) in [6.07, 6.45) is 0. The van der Waals surface area contributed by atoms with Crippen LogP contribution in [0.25, 0.3) is 0 Å². The van der Waals surface area contributed by atoms with Crippen molar-refractivity contribution in [2.45, 2.75) is 18.9 Å². The van der Waals surface area contributed by atoms with E-state index >= 15 is 0 Å². The number of nitrogens with zero attached hydrogens (tertiary/aromatic N) is 2. The molecule has 0 radical (unpaired) electrons. The molecule has 3 aromatic rings. The zero-order chi connectivity index (χ0) is 23.7. The molecule has 2 unspecified atom stereocenters. The van der Waals surface area contributed by atoms with Gasteiger partial charge in [0.1, 0.15) is 17.6 Å². The third-order valence-electron chi connectivity index (χ3n) is 5.82. The fourth-order valence-corrected chi connectivity index (χ4v) is 4.25. The number of methoxy groups -OCH3 is 3. The molecular weight excluding hydrogens is 424 g/mol. The Bertz CT molecular complexity index is 1220. The normalized spacial score (nSPS) is 17.1. The van der Waals surface area contributed by atoms with Crippen LogP contribution in [0.4, 0.5) is 5.82 Å². The Morgan fingerprint density at radius 1 is 1.06 bits per heavy atom. The number of hydrogen-bond donors (Lipinski definition) is 2. The van der Waals surface area contributed by atoms with Crippen molar-refractivity contribution in [3.8, 4) is 17.2 Å². The van der Waals surface area contributed by atoms with E-state index in [0.29, 0.717) is 28.6 Å². The molecule has 0 spiro atoms. The molecule has 172 valence electrons. The van der Waals surface area contributed by atoms with E-state index < -0.39 is 17.9 Å². The molecule has 0 saturated carbocycles. The van der Waals surface area contributed by atoms with Crippen molar-refractivity contribution < 1.29 is 23.8 Å². The topological polar surface area (TPSA) is 104 Å². The van der Waals surface area contributed by atoms with E-state index in [1.807, 2.05) is 31.2 Å². The minimum absolute atomic E-state index is 0.327. The molecule has 0 fully saturated rings. The lowest BCUT2D eigenvalue weighted by molar-refractivity contribution is -0.118. The van der Waals surface area contributed by atoms with Crippen LogP contribution in [0.1, 0.15) is 33.1 Å². The summed E-state index contributed by atoms with van der Waals surface area (Å²) in [5, 5.41) is 10.3. The number of amides is 2. The second kappa shape index (κ2) is 8.85. The monoisotopic (exact) mass is 450 g/mol. The van der Waals surface area contributed by atoms with Crippen LogP contribution in [-0.4, -0.2) is 49.0 Å². The number of carbonyl (C=O) groups excluding carboxylic acids is 2. The number of aromatic nitrogens is 2. The van der Waals surface area contributed by atoms with Crippen LogP contribution >= 0.6 is 0 Å². The molecule has 0 saturated heterocycles. The highest BCUT2D eigenvalue weighted by Gasteiger charge is 2.41. The van der Waals surface area contributed by atoms with Gasteiger partial charge < -0.3 is 24.8 Å². The minimum Gasteiger partial charge on any atom is -0.497 e. The smallest absolute Gasteiger partial charge is 0.252 e. The second-order valence-electron chi connectivity index (χ2n) is 7.74. The van der Waals surface area contributed by atoms with Crippen LogP contribution < -0.4 is 24.8 Å². The van der Waals surface area contributed by atoms with E-state index in [-0.39, 0.29) is 5.91 Å². The van der Waals surface area contributed by atoms with E-state index in [1.165, 1.54) is 14.2 Å². The lowest BCUT2D eigenvalue weighted by Gasteiger charge is -2.32. The number of nitrogens with one attached hydrogen (secondary N) is 2. The minimum atomic E-state index is -0.867. The number of rotatable bonds is 6. The molecule has 1 aliphatic heterocycles. The Hall–Kier alpha value is -4.01. The van der Waals surface area contributed by atoms with Gasteiger partial charge in [-0.05, 0) is 42.8 Å². The van der Waals surface area contributed by atoms with Crippen molar-refractivity contribution in [1.29, 1.82) is 0 Å². The number of anilines is 1. The van der Waals surface area contributed by atoms with Gasteiger partial charge in [0.25, 0.3) is 5.91 Å². The van der Waals surface area contributed by atoms with Gasteiger partial charge in [0.05, 0.1) is 27.0 Å². The van der Waals surface area contributed by atoms with E-state index in [4.69, 9.17) is 14.2 Å². The van der Waals surface area contributed by atoms with E-state index in [2.05, 4.69) is 15.7 Å². The molecule has 1 aromatic heterocycles. The Morgan fingerprint density at radius 2 is 1.82 bits per heavy atom. The largest absolute Gasteiger partial charge is 0.497 e. The molecule has 0 bridgehead atoms. The third-order valence-corrected chi connectivity index (χ3v) is 5.82. The summed E-state index contributed by atoms with van der Waals surface area (Å²) in [4.78, 5) is 26.4. The Kier molecular flexibility index (Phi) is 5.95. The van der Waals surface area contributed by atoms with Crippen LogP contribution in [0.15, 0.2) is 42.5 Å². The number of hydrogen-bond acceptors (Lipinski definition) is 6.